The highest BCUT2D eigenvalue weighted by Crippen LogP contribution is 2.29. The van der Waals surface area contributed by atoms with Gasteiger partial charge in [-0.05, 0) is 18.2 Å². The lowest BCUT2D eigenvalue weighted by molar-refractivity contribution is -0.384. The Bertz CT molecular complexity index is 1200. The van der Waals surface area contributed by atoms with Gasteiger partial charge in [-0.25, -0.2) is 4.79 Å². The Hall–Kier alpha value is -4.41. The van der Waals surface area contributed by atoms with Gasteiger partial charge in [0.1, 0.15) is 18.0 Å². The second-order valence-corrected chi connectivity index (χ2v) is 6.53. The minimum atomic E-state index is -0.751. The molecule has 0 aliphatic rings. The number of hydrogen-bond acceptors (Lipinski definition) is 8. The summed E-state index contributed by atoms with van der Waals surface area (Å²) in [7, 11) is 2.62. The second-order valence-electron chi connectivity index (χ2n) is 6.53. The third-order valence-electron chi connectivity index (χ3n) is 4.53. The quantitative estimate of drug-likeness (QED) is 0.320. The number of nitro benzene ring substituents is 1. The monoisotopic (exact) mass is 441 g/mol. The molecule has 0 spiro atoms. The average molecular weight is 441 g/mol. The lowest BCUT2D eigenvalue weighted by Crippen LogP contribution is -2.23. The summed E-state index contributed by atoms with van der Waals surface area (Å²) in [6.07, 6.45) is 1.47. The van der Waals surface area contributed by atoms with Gasteiger partial charge in [0.15, 0.2) is 6.61 Å². The Morgan fingerprint density at radius 1 is 1.12 bits per heavy atom. The van der Waals surface area contributed by atoms with E-state index in [9.17, 15) is 24.5 Å². The van der Waals surface area contributed by atoms with Crippen LogP contribution in [0.15, 0.2) is 48.7 Å². The van der Waals surface area contributed by atoms with E-state index in [1.165, 1.54) is 37.1 Å². The number of aromatic nitrogens is 1. The van der Waals surface area contributed by atoms with E-state index in [0.717, 1.165) is 6.07 Å². The van der Waals surface area contributed by atoms with Crippen LogP contribution in [0.1, 0.15) is 10.4 Å². The van der Waals surface area contributed by atoms with Crippen LogP contribution in [-0.2, 0) is 25.6 Å². The molecule has 0 bridgehead atoms. The number of para-hydroxylation sites is 1. The maximum Gasteiger partial charge on any atom is 0.340 e. The maximum atomic E-state index is 12.3. The molecular weight excluding hydrogens is 422 g/mol. The number of fused-ring (bicyclic) bond motifs is 1. The Morgan fingerprint density at radius 3 is 2.56 bits per heavy atom. The van der Waals surface area contributed by atoms with E-state index in [2.05, 4.69) is 5.32 Å². The molecule has 1 amide bonds. The molecule has 0 saturated heterocycles. The molecule has 2 aromatic carbocycles. The van der Waals surface area contributed by atoms with Gasteiger partial charge in [-0.2, -0.15) is 0 Å². The first-order valence-electron chi connectivity index (χ1n) is 9.28. The largest absolute Gasteiger partial charge is 0.496 e. The molecule has 1 aromatic heterocycles. The van der Waals surface area contributed by atoms with E-state index in [0.29, 0.717) is 16.5 Å². The standard InChI is InChI=1S/C21H19N3O8/c1-30-13-7-8-16(18(9-13)24(28)29)22-19(25)12-32-20(26)11-23-10-15(21(27)31-2)14-5-3-4-6-17(14)23/h3-10H,11-12H2,1-2H3,(H,22,25). The number of anilines is 1. The lowest BCUT2D eigenvalue weighted by atomic mass is 10.2. The van der Waals surface area contributed by atoms with E-state index >= 15 is 0 Å². The first-order chi connectivity index (χ1) is 15.3. The van der Waals surface area contributed by atoms with Crippen LogP contribution in [0, 0.1) is 10.1 Å². The second kappa shape index (κ2) is 9.60. The number of ether oxygens (including phenoxy) is 3. The van der Waals surface area contributed by atoms with Gasteiger partial charge >= 0.3 is 11.9 Å². The molecule has 0 radical (unpaired) electrons. The summed E-state index contributed by atoms with van der Waals surface area (Å²) >= 11 is 0. The van der Waals surface area contributed by atoms with E-state index in [1.807, 2.05) is 0 Å². The number of carbonyl (C=O) groups is 3. The molecule has 166 valence electrons. The number of hydrogen-bond donors (Lipinski definition) is 1. The lowest BCUT2D eigenvalue weighted by Gasteiger charge is -2.09. The van der Waals surface area contributed by atoms with Crippen LogP contribution in [0.3, 0.4) is 0 Å². The molecule has 1 N–H and O–H groups in total. The van der Waals surface area contributed by atoms with Crippen LogP contribution in [0.4, 0.5) is 11.4 Å². The van der Waals surface area contributed by atoms with Gasteiger partial charge in [-0.1, -0.05) is 18.2 Å². The first-order valence-corrected chi connectivity index (χ1v) is 9.28. The van der Waals surface area contributed by atoms with Crippen molar-refractivity contribution >= 4 is 40.1 Å². The van der Waals surface area contributed by atoms with Crippen LogP contribution in [0.25, 0.3) is 10.9 Å². The molecule has 0 fully saturated rings. The number of carbonyl (C=O) groups excluding carboxylic acids is 3. The summed E-state index contributed by atoms with van der Waals surface area (Å²) < 4.78 is 16.2. The van der Waals surface area contributed by atoms with Crippen molar-refractivity contribution in [3.8, 4) is 5.75 Å². The highest BCUT2D eigenvalue weighted by atomic mass is 16.6. The molecule has 11 nitrogen and oxygen atoms in total. The van der Waals surface area contributed by atoms with E-state index in [4.69, 9.17) is 14.2 Å². The molecule has 32 heavy (non-hydrogen) atoms. The average Bonchev–Trinajstić information content (AvgIpc) is 3.15. The summed E-state index contributed by atoms with van der Waals surface area (Å²) in [6.45, 7) is -0.904. The Balaban J connectivity index is 1.65. The normalized spacial score (nSPS) is 10.4. The number of esters is 2. The summed E-state index contributed by atoms with van der Waals surface area (Å²) in [5.41, 5.74) is 0.484. The molecule has 0 atom stereocenters. The van der Waals surface area contributed by atoms with E-state index in [-0.39, 0.29) is 23.7 Å². The van der Waals surface area contributed by atoms with Gasteiger partial charge < -0.3 is 24.1 Å². The Kier molecular flexibility index (Phi) is 6.68. The van der Waals surface area contributed by atoms with E-state index in [1.54, 1.807) is 24.3 Å². The zero-order valence-corrected chi connectivity index (χ0v) is 17.2. The van der Waals surface area contributed by atoms with Crippen molar-refractivity contribution in [2.24, 2.45) is 0 Å². The summed E-state index contributed by atoms with van der Waals surface area (Å²) in [4.78, 5) is 46.9. The fraction of sp³-hybridized carbons (Fsp3) is 0.190. The van der Waals surface area contributed by atoms with Gasteiger partial charge in [-0.3, -0.25) is 19.7 Å². The minimum absolute atomic E-state index is 0.0593. The predicted molar refractivity (Wildman–Crippen MR) is 113 cm³/mol. The third-order valence-corrected chi connectivity index (χ3v) is 4.53. The zero-order valence-electron chi connectivity index (χ0n) is 17.2. The van der Waals surface area contributed by atoms with Crippen LogP contribution in [0.2, 0.25) is 0 Å². The smallest absolute Gasteiger partial charge is 0.340 e. The van der Waals surface area contributed by atoms with Crippen LogP contribution >= 0.6 is 0 Å². The number of methoxy groups -OCH3 is 2. The first kappa shape index (κ1) is 22.3. The van der Waals surface area contributed by atoms with Crippen molar-refractivity contribution < 1.29 is 33.5 Å². The maximum absolute atomic E-state index is 12.3. The summed E-state index contributed by atoms with van der Waals surface area (Å²) in [5, 5.41) is 14.1. The highest BCUT2D eigenvalue weighted by molar-refractivity contribution is 6.04. The molecule has 0 aliphatic carbocycles. The molecule has 3 rings (SSSR count). The van der Waals surface area contributed by atoms with Crippen molar-refractivity contribution in [2.75, 3.05) is 26.1 Å². The number of benzene rings is 2. The molecule has 1 heterocycles. The topological polar surface area (TPSA) is 139 Å². The van der Waals surface area contributed by atoms with Gasteiger partial charge in [0, 0.05) is 17.1 Å². The number of rotatable bonds is 8. The van der Waals surface area contributed by atoms with Gasteiger partial charge in [0.05, 0.1) is 30.8 Å². The Morgan fingerprint density at radius 2 is 1.88 bits per heavy atom. The summed E-state index contributed by atoms with van der Waals surface area (Å²) in [6, 6.07) is 10.9. The van der Waals surface area contributed by atoms with Crippen LogP contribution in [-0.4, -0.2) is 48.2 Å². The van der Waals surface area contributed by atoms with Crippen LogP contribution < -0.4 is 10.1 Å². The Labute approximate surface area is 181 Å². The molecule has 11 heteroatoms. The molecule has 0 unspecified atom stereocenters. The minimum Gasteiger partial charge on any atom is -0.496 e. The molecule has 0 aliphatic heterocycles. The van der Waals surface area contributed by atoms with Crippen molar-refractivity contribution in [2.45, 2.75) is 6.54 Å². The van der Waals surface area contributed by atoms with Crippen LogP contribution in [0.5, 0.6) is 5.75 Å². The SMILES string of the molecule is COC(=O)c1cn(CC(=O)OCC(=O)Nc2ccc(OC)cc2[N+](=O)[O-])c2ccccc12. The zero-order chi connectivity index (χ0) is 23.3. The number of amides is 1. The van der Waals surface area contributed by atoms with Crippen molar-refractivity contribution in [1.29, 1.82) is 0 Å². The fourth-order valence-electron chi connectivity index (χ4n) is 3.06. The third kappa shape index (κ3) is 4.83. The molecule has 0 saturated carbocycles. The van der Waals surface area contributed by atoms with Gasteiger partial charge in [0.25, 0.3) is 11.6 Å². The van der Waals surface area contributed by atoms with Crippen molar-refractivity contribution in [3.63, 3.8) is 0 Å². The number of nitrogens with one attached hydrogen (secondary N) is 1. The number of nitrogens with zero attached hydrogens (tertiary/aromatic N) is 2. The number of nitro groups is 1. The molecule has 3 aromatic rings. The molecular formula is C21H19N3O8. The van der Waals surface area contributed by atoms with Crippen molar-refractivity contribution in [3.05, 3.63) is 64.3 Å². The fourth-order valence-corrected chi connectivity index (χ4v) is 3.06. The summed E-state index contributed by atoms with van der Waals surface area (Å²) in [5.74, 6) is -1.78. The van der Waals surface area contributed by atoms with E-state index < -0.39 is 29.4 Å². The predicted octanol–water partition coefficient (Wildman–Crippen LogP) is 2.53. The van der Waals surface area contributed by atoms with Gasteiger partial charge in [0.2, 0.25) is 0 Å². The van der Waals surface area contributed by atoms with Crippen molar-refractivity contribution in [1.82, 2.24) is 4.57 Å². The highest BCUT2D eigenvalue weighted by Gasteiger charge is 2.19. The van der Waals surface area contributed by atoms with Gasteiger partial charge in [-0.15, -0.1) is 0 Å².